The zero-order valence-electron chi connectivity index (χ0n) is 7.99. The highest BCUT2D eigenvalue weighted by molar-refractivity contribution is 7.07. The lowest BCUT2D eigenvalue weighted by Crippen LogP contribution is -2.25. The second kappa shape index (κ2) is 4.20. The van der Waals surface area contributed by atoms with Crippen molar-refractivity contribution in [1.82, 2.24) is 10.3 Å². The van der Waals surface area contributed by atoms with Gasteiger partial charge in [0.25, 0.3) is 0 Å². The van der Waals surface area contributed by atoms with Crippen LogP contribution in [0.2, 0.25) is 0 Å². The number of nitrogens with zero attached hydrogens (tertiary/aromatic N) is 1. The molecule has 1 heterocycles. The number of hydrogen-bond acceptors (Lipinski definition) is 3. The first kappa shape index (κ1) is 9.16. The van der Waals surface area contributed by atoms with Crippen LogP contribution in [0.15, 0.2) is 10.9 Å². The standard InChI is InChI=1S/C10H16N2S/c1-8(4-9-2-3-9)11-5-10-6-13-7-12-10/h6-9,11H,2-5H2,1H3. The van der Waals surface area contributed by atoms with Crippen molar-refractivity contribution in [2.75, 3.05) is 0 Å². The Kier molecular flexibility index (Phi) is 2.96. The number of hydrogen-bond donors (Lipinski definition) is 1. The van der Waals surface area contributed by atoms with Gasteiger partial charge in [-0.05, 0) is 19.3 Å². The van der Waals surface area contributed by atoms with Crippen LogP contribution in [0.1, 0.15) is 31.9 Å². The summed E-state index contributed by atoms with van der Waals surface area (Å²) < 4.78 is 0. The fourth-order valence-electron chi connectivity index (χ4n) is 1.54. The van der Waals surface area contributed by atoms with Crippen LogP contribution in [0.25, 0.3) is 0 Å². The maximum absolute atomic E-state index is 4.24. The van der Waals surface area contributed by atoms with Crippen molar-refractivity contribution < 1.29 is 0 Å². The van der Waals surface area contributed by atoms with Gasteiger partial charge in [-0.15, -0.1) is 11.3 Å². The first-order chi connectivity index (χ1) is 6.34. The van der Waals surface area contributed by atoms with Gasteiger partial charge in [-0.1, -0.05) is 12.8 Å². The lowest BCUT2D eigenvalue weighted by atomic mass is 10.1. The molecule has 0 saturated heterocycles. The molecule has 1 atom stereocenters. The van der Waals surface area contributed by atoms with Crippen molar-refractivity contribution >= 4 is 11.3 Å². The lowest BCUT2D eigenvalue weighted by Gasteiger charge is -2.11. The summed E-state index contributed by atoms with van der Waals surface area (Å²) in [6.45, 7) is 3.20. The van der Waals surface area contributed by atoms with Crippen molar-refractivity contribution in [2.45, 2.75) is 38.8 Å². The maximum atomic E-state index is 4.24. The first-order valence-corrected chi connectivity index (χ1v) is 5.89. The van der Waals surface area contributed by atoms with E-state index in [0.717, 1.165) is 12.5 Å². The molecule has 13 heavy (non-hydrogen) atoms. The fourth-order valence-corrected chi connectivity index (χ4v) is 2.10. The van der Waals surface area contributed by atoms with E-state index in [0.29, 0.717) is 6.04 Å². The monoisotopic (exact) mass is 196 g/mol. The van der Waals surface area contributed by atoms with Crippen LogP contribution in [0, 0.1) is 5.92 Å². The van der Waals surface area contributed by atoms with Gasteiger partial charge in [-0.2, -0.15) is 0 Å². The van der Waals surface area contributed by atoms with Crippen LogP contribution in [-0.2, 0) is 6.54 Å². The summed E-state index contributed by atoms with van der Waals surface area (Å²) in [6.07, 6.45) is 4.23. The molecule has 0 spiro atoms. The highest BCUT2D eigenvalue weighted by atomic mass is 32.1. The van der Waals surface area contributed by atoms with Crippen molar-refractivity contribution in [2.24, 2.45) is 5.92 Å². The average molecular weight is 196 g/mol. The van der Waals surface area contributed by atoms with E-state index in [1.165, 1.54) is 25.0 Å². The minimum Gasteiger partial charge on any atom is -0.309 e. The van der Waals surface area contributed by atoms with Crippen molar-refractivity contribution in [3.63, 3.8) is 0 Å². The molecule has 0 aliphatic heterocycles. The molecule has 0 bridgehead atoms. The predicted molar refractivity (Wildman–Crippen MR) is 55.8 cm³/mol. The van der Waals surface area contributed by atoms with Gasteiger partial charge in [0.15, 0.2) is 0 Å². The number of rotatable bonds is 5. The van der Waals surface area contributed by atoms with Gasteiger partial charge in [0.1, 0.15) is 0 Å². The molecule has 1 aliphatic rings. The predicted octanol–water partition coefficient (Wildman–Crippen LogP) is 2.42. The third kappa shape index (κ3) is 3.08. The second-order valence-corrected chi connectivity index (χ2v) is 4.66. The van der Waals surface area contributed by atoms with Crippen LogP contribution in [0.5, 0.6) is 0 Å². The highest BCUT2D eigenvalue weighted by Crippen LogP contribution is 2.33. The molecule has 3 heteroatoms. The van der Waals surface area contributed by atoms with E-state index >= 15 is 0 Å². The van der Waals surface area contributed by atoms with Crippen molar-refractivity contribution in [3.05, 3.63) is 16.6 Å². The minimum atomic E-state index is 0.647. The number of aromatic nitrogens is 1. The van der Waals surface area contributed by atoms with Gasteiger partial charge in [0, 0.05) is 18.0 Å². The largest absolute Gasteiger partial charge is 0.309 e. The van der Waals surface area contributed by atoms with E-state index in [9.17, 15) is 0 Å². The Morgan fingerprint density at radius 1 is 1.69 bits per heavy atom. The summed E-state index contributed by atoms with van der Waals surface area (Å²) in [5.41, 5.74) is 3.07. The Labute approximate surface area is 83.4 Å². The first-order valence-electron chi connectivity index (χ1n) is 4.95. The van der Waals surface area contributed by atoms with Gasteiger partial charge in [0.05, 0.1) is 11.2 Å². The third-order valence-electron chi connectivity index (χ3n) is 2.50. The van der Waals surface area contributed by atoms with E-state index in [2.05, 4.69) is 22.6 Å². The SMILES string of the molecule is CC(CC1CC1)NCc1cscn1. The Balaban J connectivity index is 1.66. The molecule has 0 radical (unpaired) electrons. The molecule has 1 N–H and O–H groups in total. The molecule has 0 aromatic carbocycles. The Bertz CT molecular complexity index is 241. The molecular formula is C10H16N2S. The zero-order valence-corrected chi connectivity index (χ0v) is 8.81. The van der Waals surface area contributed by atoms with E-state index in [1.807, 2.05) is 5.51 Å². The smallest absolute Gasteiger partial charge is 0.0795 e. The molecule has 72 valence electrons. The molecule has 2 nitrogen and oxygen atoms in total. The van der Waals surface area contributed by atoms with Crippen LogP contribution < -0.4 is 5.32 Å². The molecular weight excluding hydrogens is 180 g/mol. The molecule has 1 unspecified atom stereocenters. The molecule has 1 fully saturated rings. The van der Waals surface area contributed by atoms with E-state index in [1.54, 1.807) is 11.3 Å². The van der Waals surface area contributed by atoms with Crippen LogP contribution in [0.3, 0.4) is 0 Å². The van der Waals surface area contributed by atoms with E-state index in [4.69, 9.17) is 0 Å². The second-order valence-electron chi connectivity index (χ2n) is 3.94. The molecule has 1 aromatic heterocycles. The molecule has 1 aromatic rings. The molecule has 1 saturated carbocycles. The van der Waals surface area contributed by atoms with Crippen LogP contribution in [-0.4, -0.2) is 11.0 Å². The minimum absolute atomic E-state index is 0.647. The normalized spacial score (nSPS) is 18.8. The fraction of sp³-hybridized carbons (Fsp3) is 0.700. The lowest BCUT2D eigenvalue weighted by molar-refractivity contribution is 0.485. The Hall–Kier alpha value is -0.410. The molecule has 1 aliphatic carbocycles. The quantitative estimate of drug-likeness (QED) is 0.782. The van der Waals surface area contributed by atoms with Crippen molar-refractivity contribution in [3.8, 4) is 0 Å². The van der Waals surface area contributed by atoms with Gasteiger partial charge in [-0.3, -0.25) is 0 Å². The summed E-state index contributed by atoms with van der Waals surface area (Å²) in [4.78, 5) is 4.24. The Morgan fingerprint density at radius 3 is 3.15 bits per heavy atom. The molecule has 0 amide bonds. The maximum Gasteiger partial charge on any atom is 0.0795 e. The highest BCUT2D eigenvalue weighted by Gasteiger charge is 2.23. The Morgan fingerprint density at radius 2 is 2.54 bits per heavy atom. The van der Waals surface area contributed by atoms with Gasteiger partial charge >= 0.3 is 0 Å². The number of nitrogens with one attached hydrogen (secondary N) is 1. The summed E-state index contributed by atoms with van der Waals surface area (Å²) in [5, 5.41) is 5.61. The summed E-state index contributed by atoms with van der Waals surface area (Å²) in [7, 11) is 0. The van der Waals surface area contributed by atoms with Crippen LogP contribution >= 0.6 is 11.3 Å². The summed E-state index contributed by atoms with van der Waals surface area (Å²) >= 11 is 1.67. The third-order valence-corrected chi connectivity index (χ3v) is 3.13. The topological polar surface area (TPSA) is 24.9 Å². The number of thiazole rings is 1. The molecule has 2 rings (SSSR count). The van der Waals surface area contributed by atoms with E-state index < -0.39 is 0 Å². The summed E-state index contributed by atoms with van der Waals surface area (Å²) in [6, 6.07) is 0.647. The van der Waals surface area contributed by atoms with Crippen LogP contribution in [0.4, 0.5) is 0 Å². The summed E-state index contributed by atoms with van der Waals surface area (Å²) in [5.74, 6) is 1.01. The average Bonchev–Trinajstić information content (AvgIpc) is 2.78. The van der Waals surface area contributed by atoms with Gasteiger partial charge < -0.3 is 5.32 Å². The van der Waals surface area contributed by atoms with Gasteiger partial charge in [-0.25, -0.2) is 4.98 Å². The zero-order chi connectivity index (χ0) is 9.10. The van der Waals surface area contributed by atoms with E-state index in [-0.39, 0.29) is 0 Å². The van der Waals surface area contributed by atoms with Crippen molar-refractivity contribution in [1.29, 1.82) is 0 Å². The van der Waals surface area contributed by atoms with Gasteiger partial charge in [0.2, 0.25) is 0 Å².